The highest BCUT2D eigenvalue weighted by Crippen LogP contribution is 2.20. The molecule has 4 nitrogen and oxygen atoms in total. The first kappa shape index (κ1) is 11.5. The van der Waals surface area contributed by atoms with Crippen LogP contribution in [0.5, 0.6) is 0 Å². The predicted molar refractivity (Wildman–Crippen MR) is 69.1 cm³/mol. The minimum Gasteiger partial charge on any atom is -0.338 e. The van der Waals surface area contributed by atoms with Gasteiger partial charge in [-0.1, -0.05) is 18.2 Å². The number of aromatic nitrogens is 2. The van der Waals surface area contributed by atoms with Crippen LogP contribution in [0.25, 0.3) is 0 Å². The Morgan fingerprint density at radius 1 is 1.24 bits per heavy atom. The quantitative estimate of drug-likeness (QED) is 0.846. The van der Waals surface area contributed by atoms with Crippen molar-refractivity contribution in [2.24, 2.45) is 5.73 Å². The van der Waals surface area contributed by atoms with Crippen molar-refractivity contribution in [2.45, 2.75) is 20.4 Å². The van der Waals surface area contributed by atoms with E-state index in [0.29, 0.717) is 6.54 Å². The van der Waals surface area contributed by atoms with Gasteiger partial charge in [-0.2, -0.15) is 0 Å². The van der Waals surface area contributed by atoms with Gasteiger partial charge in [-0.3, -0.25) is 4.98 Å². The third-order valence-corrected chi connectivity index (χ3v) is 2.57. The Hall–Kier alpha value is -1.94. The Bertz CT molecular complexity index is 523. The van der Waals surface area contributed by atoms with Crippen molar-refractivity contribution >= 4 is 11.5 Å². The van der Waals surface area contributed by atoms with Gasteiger partial charge < -0.3 is 11.1 Å². The molecule has 0 bridgehead atoms. The molecule has 0 fully saturated rings. The maximum absolute atomic E-state index is 5.70. The lowest BCUT2D eigenvalue weighted by Gasteiger charge is -2.11. The minimum absolute atomic E-state index is 0.501. The maximum atomic E-state index is 5.70. The zero-order valence-electron chi connectivity index (χ0n) is 10.1. The van der Waals surface area contributed by atoms with Crippen molar-refractivity contribution in [2.75, 3.05) is 5.32 Å². The summed E-state index contributed by atoms with van der Waals surface area (Å²) in [5.74, 6) is 0.783. The molecule has 0 amide bonds. The molecule has 1 heterocycles. The number of rotatable bonds is 3. The lowest BCUT2D eigenvalue weighted by Crippen LogP contribution is -2.04. The van der Waals surface area contributed by atoms with E-state index in [1.165, 1.54) is 0 Å². The molecule has 0 saturated heterocycles. The number of nitrogens with zero attached hydrogens (tertiary/aromatic N) is 2. The van der Waals surface area contributed by atoms with Gasteiger partial charge in [0.1, 0.15) is 0 Å². The Labute approximate surface area is 101 Å². The Balaban J connectivity index is 2.34. The van der Waals surface area contributed by atoms with E-state index in [1.807, 2.05) is 38.1 Å². The second kappa shape index (κ2) is 4.93. The number of nitrogens with two attached hydrogens (primary N) is 1. The van der Waals surface area contributed by atoms with Gasteiger partial charge in [-0.15, -0.1) is 0 Å². The van der Waals surface area contributed by atoms with Gasteiger partial charge in [-0.05, 0) is 25.5 Å². The molecule has 2 aromatic rings. The fraction of sp³-hybridized carbons (Fsp3) is 0.231. The highest BCUT2D eigenvalue weighted by Gasteiger charge is 2.05. The van der Waals surface area contributed by atoms with E-state index in [4.69, 9.17) is 5.73 Å². The minimum atomic E-state index is 0.501. The van der Waals surface area contributed by atoms with Crippen molar-refractivity contribution < 1.29 is 0 Å². The molecule has 0 radical (unpaired) electrons. The van der Waals surface area contributed by atoms with Crippen LogP contribution >= 0.6 is 0 Å². The van der Waals surface area contributed by atoms with Crippen LogP contribution in [0.4, 0.5) is 11.5 Å². The van der Waals surface area contributed by atoms with Crippen molar-refractivity contribution in [3.63, 3.8) is 0 Å². The Kier molecular flexibility index (Phi) is 3.35. The molecule has 1 aromatic carbocycles. The van der Waals surface area contributed by atoms with Crippen molar-refractivity contribution in [3.8, 4) is 0 Å². The van der Waals surface area contributed by atoms with Gasteiger partial charge in [0.05, 0.1) is 11.4 Å². The van der Waals surface area contributed by atoms with E-state index in [0.717, 1.165) is 28.5 Å². The van der Waals surface area contributed by atoms with Crippen LogP contribution in [0.1, 0.15) is 17.0 Å². The molecule has 88 valence electrons. The SMILES string of the molecule is Cc1cnc(C)c(Nc2ccccc2CN)n1. The summed E-state index contributed by atoms with van der Waals surface area (Å²) in [7, 11) is 0. The zero-order valence-corrected chi connectivity index (χ0v) is 10.1. The number of aryl methyl sites for hydroxylation is 2. The molecular weight excluding hydrogens is 212 g/mol. The largest absolute Gasteiger partial charge is 0.338 e. The topological polar surface area (TPSA) is 63.8 Å². The lowest BCUT2D eigenvalue weighted by molar-refractivity contribution is 1.05. The van der Waals surface area contributed by atoms with Crippen LogP contribution in [0.3, 0.4) is 0 Å². The summed E-state index contributed by atoms with van der Waals surface area (Å²) in [5, 5.41) is 3.28. The first-order valence-corrected chi connectivity index (χ1v) is 5.56. The average Bonchev–Trinajstić information content (AvgIpc) is 2.34. The number of anilines is 2. The number of benzene rings is 1. The molecule has 17 heavy (non-hydrogen) atoms. The van der Waals surface area contributed by atoms with Crippen LogP contribution in [0, 0.1) is 13.8 Å². The van der Waals surface area contributed by atoms with E-state index in [9.17, 15) is 0 Å². The summed E-state index contributed by atoms with van der Waals surface area (Å²) >= 11 is 0. The number of para-hydroxylation sites is 1. The molecule has 0 atom stereocenters. The van der Waals surface area contributed by atoms with Gasteiger partial charge in [-0.25, -0.2) is 4.98 Å². The van der Waals surface area contributed by atoms with Crippen molar-refractivity contribution in [3.05, 3.63) is 47.4 Å². The molecule has 0 aliphatic rings. The van der Waals surface area contributed by atoms with Gasteiger partial charge in [0.15, 0.2) is 5.82 Å². The lowest BCUT2D eigenvalue weighted by atomic mass is 10.2. The van der Waals surface area contributed by atoms with Gasteiger partial charge in [0, 0.05) is 18.4 Å². The van der Waals surface area contributed by atoms with E-state index in [1.54, 1.807) is 6.20 Å². The van der Waals surface area contributed by atoms with Crippen molar-refractivity contribution in [1.29, 1.82) is 0 Å². The molecule has 3 N–H and O–H groups in total. The Morgan fingerprint density at radius 2 is 2.00 bits per heavy atom. The van der Waals surface area contributed by atoms with Crippen LogP contribution in [-0.4, -0.2) is 9.97 Å². The van der Waals surface area contributed by atoms with E-state index < -0.39 is 0 Å². The van der Waals surface area contributed by atoms with E-state index >= 15 is 0 Å². The van der Waals surface area contributed by atoms with Crippen LogP contribution in [0.15, 0.2) is 30.5 Å². The predicted octanol–water partition coefficient (Wildman–Crippen LogP) is 2.30. The third-order valence-electron chi connectivity index (χ3n) is 2.57. The monoisotopic (exact) mass is 228 g/mol. The summed E-state index contributed by atoms with van der Waals surface area (Å²) in [6, 6.07) is 7.94. The highest BCUT2D eigenvalue weighted by molar-refractivity contribution is 5.61. The molecule has 0 spiro atoms. The van der Waals surface area contributed by atoms with Crippen LogP contribution in [0.2, 0.25) is 0 Å². The second-order valence-electron chi connectivity index (χ2n) is 3.93. The smallest absolute Gasteiger partial charge is 0.152 e. The number of hydrogen-bond donors (Lipinski definition) is 2. The molecule has 4 heteroatoms. The molecule has 0 aliphatic carbocycles. The fourth-order valence-corrected chi connectivity index (χ4v) is 1.60. The molecular formula is C13H16N4. The fourth-order valence-electron chi connectivity index (χ4n) is 1.60. The summed E-state index contributed by atoms with van der Waals surface area (Å²) in [6.07, 6.45) is 1.76. The molecule has 0 saturated carbocycles. The summed E-state index contributed by atoms with van der Waals surface area (Å²) in [5.41, 5.74) is 9.51. The highest BCUT2D eigenvalue weighted by atomic mass is 15.0. The summed E-state index contributed by atoms with van der Waals surface area (Å²) in [4.78, 5) is 8.70. The van der Waals surface area contributed by atoms with Gasteiger partial charge in [0.25, 0.3) is 0 Å². The van der Waals surface area contributed by atoms with E-state index in [-0.39, 0.29) is 0 Å². The summed E-state index contributed by atoms with van der Waals surface area (Å²) in [6.45, 7) is 4.35. The summed E-state index contributed by atoms with van der Waals surface area (Å²) < 4.78 is 0. The second-order valence-corrected chi connectivity index (χ2v) is 3.93. The normalized spacial score (nSPS) is 10.3. The number of nitrogens with one attached hydrogen (secondary N) is 1. The first-order chi connectivity index (χ1) is 8.20. The average molecular weight is 228 g/mol. The third kappa shape index (κ3) is 2.60. The van der Waals surface area contributed by atoms with Crippen LogP contribution < -0.4 is 11.1 Å². The van der Waals surface area contributed by atoms with E-state index in [2.05, 4.69) is 15.3 Å². The standard InChI is InChI=1S/C13H16N4/c1-9-8-15-10(2)13(16-9)17-12-6-4-3-5-11(12)7-14/h3-6,8H,7,14H2,1-2H3,(H,16,17). The molecule has 1 aromatic heterocycles. The van der Waals surface area contributed by atoms with Gasteiger partial charge >= 0.3 is 0 Å². The number of hydrogen-bond acceptors (Lipinski definition) is 4. The van der Waals surface area contributed by atoms with Crippen molar-refractivity contribution in [1.82, 2.24) is 9.97 Å². The molecule has 0 unspecified atom stereocenters. The molecule has 0 aliphatic heterocycles. The Morgan fingerprint density at radius 3 is 2.76 bits per heavy atom. The maximum Gasteiger partial charge on any atom is 0.152 e. The molecule has 2 rings (SSSR count). The van der Waals surface area contributed by atoms with Crippen LogP contribution in [-0.2, 0) is 6.54 Å². The zero-order chi connectivity index (χ0) is 12.3. The first-order valence-electron chi connectivity index (χ1n) is 5.56. The van der Waals surface area contributed by atoms with Gasteiger partial charge in [0.2, 0.25) is 0 Å².